The van der Waals surface area contributed by atoms with Crippen LogP contribution in [0, 0.1) is 11.8 Å². The van der Waals surface area contributed by atoms with Crippen LogP contribution in [0.4, 0.5) is 0 Å². The highest BCUT2D eigenvalue weighted by Crippen LogP contribution is 2.32. The van der Waals surface area contributed by atoms with Crippen molar-refractivity contribution in [3.8, 4) is 11.4 Å². The zero-order valence-electron chi connectivity index (χ0n) is 21.0. The van der Waals surface area contributed by atoms with Gasteiger partial charge in [-0.1, -0.05) is 103 Å². The maximum atomic E-state index is 4.99. The summed E-state index contributed by atoms with van der Waals surface area (Å²) in [6.45, 7) is 6.95. The van der Waals surface area contributed by atoms with E-state index in [1.165, 1.54) is 107 Å². The Balaban J connectivity index is 1.52. The van der Waals surface area contributed by atoms with Crippen LogP contribution < -0.4 is 0 Å². The molecule has 0 saturated heterocycles. The van der Waals surface area contributed by atoms with Gasteiger partial charge in [-0.15, -0.1) is 0 Å². The van der Waals surface area contributed by atoms with Gasteiger partial charge in [0.2, 0.25) is 0 Å². The van der Waals surface area contributed by atoms with E-state index in [1.807, 2.05) is 0 Å². The number of rotatable bonds is 14. The van der Waals surface area contributed by atoms with Gasteiger partial charge >= 0.3 is 0 Å². The molecule has 0 N–H and O–H groups in total. The lowest BCUT2D eigenvalue weighted by atomic mass is 9.79. The first-order chi connectivity index (χ1) is 15.7. The van der Waals surface area contributed by atoms with Crippen LogP contribution in [-0.4, -0.2) is 9.97 Å². The zero-order valence-corrected chi connectivity index (χ0v) is 21.0. The third-order valence-corrected chi connectivity index (χ3v) is 7.49. The van der Waals surface area contributed by atoms with E-state index in [0.717, 1.165) is 29.6 Å². The fourth-order valence-electron chi connectivity index (χ4n) is 5.31. The summed E-state index contributed by atoms with van der Waals surface area (Å²) in [6.07, 6.45) is 21.9. The van der Waals surface area contributed by atoms with Crippen molar-refractivity contribution in [2.75, 3.05) is 0 Å². The molecule has 32 heavy (non-hydrogen) atoms. The highest BCUT2D eigenvalue weighted by Gasteiger charge is 2.23. The first kappa shape index (κ1) is 24.9. The molecule has 0 aliphatic heterocycles. The molecule has 0 fully saturated rings. The Morgan fingerprint density at radius 1 is 0.906 bits per heavy atom. The summed E-state index contributed by atoms with van der Waals surface area (Å²) in [7, 11) is 0. The third kappa shape index (κ3) is 7.71. The molecule has 0 bridgehead atoms. The van der Waals surface area contributed by atoms with Gasteiger partial charge in [0.05, 0.1) is 0 Å². The number of nitrogens with zero attached hydrogens (tertiary/aromatic N) is 2. The highest BCUT2D eigenvalue weighted by molar-refractivity contribution is 5.55. The van der Waals surface area contributed by atoms with E-state index in [9.17, 15) is 0 Å². The Kier molecular flexibility index (Phi) is 10.7. The lowest BCUT2D eigenvalue weighted by Crippen LogP contribution is -2.19. The molecule has 0 spiro atoms. The minimum atomic E-state index is 0.819. The summed E-state index contributed by atoms with van der Waals surface area (Å²) in [5.74, 6) is 2.62. The van der Waals surface area contributed by atoms with Crippen LogP contribution in [0.5, 0.6) is 0 Å². The number of fused-ring (bicyclic) bond motifs is 1. The predicted octanol–water partition coefficient (Wildman–Crippen LogP) is 8.76. The summed E-state index contributed by atoms with van der Waals surface area (Å²) in [4.78, 5) is 9.76. The Labute approximate surface area is 197 Å². The molecule has 176 valence electrons. The van der Waals surface area contributed by atoms with Gasteiger partial charge in [-0.3, -0.25) is 0 Å². The van der Waals surface area contributed by atoms with E-state index < -0.39 is 0 Å². The van der Waals surface area contributed by atoms with Gasteiger partial charge in [-0.2, -0.15) is 0 Å². The SMILES string of the molecule is CCCCCCCCc1ccc(-c2ncc3c(n2)CCC(CC(CC)CCCC)C3)cc1. The molecule has 1 aromatic carbocycles. The maximum absolute atomic E-state index is 4.99. The molecule has 0 amide bonds. The first-order valence-corrected chi connectivity index (χ1v) is 13.7. The highest BCUT2D eigenvalue weighted by atomic mass is 14.9. The van der Waals surface area contributed by atoms with Crippen molar-refractivity contribution < 1.29 is 0 Å². The molecule has 2 heteroatoms. The van der Waals surface area contributed by atoms with E-state index in [-0.39, 0.29) is 0 Å². The largest absolute Gasteiger partial charge is 0.236 e. The second-order valence-electron chi connectivity index (χ2n) is 10.1. The van der Waals surface area contributed by atoms with Crippen LogP contribution in [0.2, 0.25) is 0 Å². The van der Waals surface area contributed by atoms with Crippen molar-refractivity contribution in [2.45, 2.75) is 117 Å². The molecule has 1 heterocycles. The van der Waals surface area contributed by atoms with Crippen molar-refractivity contribution in [3.05, 3.63) is 47.3 Å². The fourth-order valence-corrected chi connectivity index (χ4v) is 5.31. The van der Waals surface area contributed by atoms with E-state index in [2.05, 4.69) is 51.2 Å². The van der Waals surface area contributed by atoms with Crippen molar-refractivity contribution in [3.63, 3.8) is 0 Å². The fraction of sp³-hybridized carbons (Fsp3) is 0.667. The van der Waals surface area contributed by atoms with Gasteiger partial charge in [0.25, 0.3) is 0 Å². The minimum absolute atomic E-state index is 0.819. The minimum Gasteiger partial charge on any atom is -0.236 e. The molecule has 0 radical (unpaired) electrons. The number of unbranched alkanes of at least 4 members (excludes halogenated alkanes) is 6. The van der Waals surface area contributed by atoms with Crippen LogP contribution >= 0.6 is 0 Å². The topological polar surface area (TPSA) is 25.8 Å². The summed E-state index contributed by atoms with van der Waals surface area (Å²) in [5, 5.41) is 0. The number of hydrogen-bond acceptors (Lipinski definition) is 2. The average molecular weight is 435 g/mol. The Morgan fingerprint density at radius 3 is 2.41 bits per heavy atom. The lowest BCUT2D eigenvalue weighted by molar-refractivity contribution is 0.311. The van der Waals surface area contributed by atoms with Crippen molar-refractivity contribution >= 4 is 0 Å². The number of hydrogen-bond donors (Lipinski definition) is 0. The number of benzene rings is 1. The monoisotopic (exact) mass is 434 g/mol. The van der Waals surface area contributed by atoms with E-state index in [1.54, 1.807) is 0 Å². The Morgan fingerprint density at radius 2 is 1.66 bits per heavy atom. The van der Waals surface area contributed by atoms with Crippen LogP contribution in [0.1, 0.15) is 115 Å². The molecule has 0 saturated carbocycles. The molecule has 1 aliphatic rings. The molecule has 3 rings (SSSR count). The van der Waals surface area contributed by atoms with Gasteiger partial charge < -0.3 is 0 Å². The second kappa shape index (κ2) is 13.8. The zero-order chi connectivity index (χ0) is 22.6. The molecule has 1 aliphatic carbocycles. The summed E-state index contributed by atoms with van der Waals surface area (Å²) in [5.41, 5.74) is 5.30. The van der Waals surface area contributed by atoms with Crippen LogP contribution in [0.3, 0.4) is 0 Å². The quantitative estimate of drug-likeness (QED) is 0.278. The van der Waals surface area contributed by atoms with Crippen LogP contribution in [-0.2, 0) is 19.3 Å². The van der Waals surface area contributed by atoms with Crippen LogP contribution in [0.15, 0.2) is 30.5 Å². The van der Waals surface area contributed by atoms with Crippen molar-refractivity contribution in [1.82, 2.24) is 9.97 Å². The van der Waals surface area contributed by atoms with E-state index >= 15 is 0 Å². The Bertz CT molecular complexity index is 780. The van der Waals surface area contributed by atoms with Crippen molar-refractivity contribution in [2.24, 2.45) is 11.8 Å². The molecular weight excluding hydrogens is 388 g/mol. The van der Waals surface area contributed by atoms with Gasteiger partial charge in [-0.25, -0.2) is 9.97 Å². The molecular formula is C30H46N2. The molecule has 2 nitrogen and oxygen atoms in total. The van der Waals surface area contributed by atoms with Gasteiger partial charge in [0, 0.05) is 17.5 Å². The Hall–Kier alpha value is -1.70. The van der Waals surface area contributed by atoms with E-state index in [0.29, 0.717) is 0 Å². The van der Waals surface area contributed by atoms with Gasteiger partial charge in [0.1, 0.15) is 0 Å². The maximum Gasteiger partial charge on any atom is 0.159 e. The number of aromatic nitrogens is 2. The average Bonchev–Trinajstić information content (AvgIpc) is 2.84. The smallest absolute Gasteiger partial charge is 0.159 e. The summed E-state index contributed by atoms with van der Waals surface area (Å²) >= 11 is 0. The first-order valence-electron chi connectivity index (χ1n) is 13.7. The predicted molar refractivity (Wildman–Crippen MR) is 138 cm³/mol. The lowest BCUT2D eigenvalue weighted by Gasteiger charge is -2.27. The normalized spacial score (nSPS) is 16.7. The third-order valence-electron chi connectivity index (χ3n) is 7.49. The molecule has 2 unspecified atom stereocenters. The van der Waals surface area contributed by atoms with Crippen molar-refractivity contribution in [1.29, 1.82) is 0 Å². The molecule has 2 aromatic rings. The van der Waals surface area contributed by atoms with Gasteiger partial charge in [0.15, 0.2) is 5.82 Å². The molecule has 2 atom stereocenters. The van der Waals surface area contributed by atoms with E-state index in [4.69, 9.17) is 9.97 Å². The van der Waals surface area contributed by atoms with Crippen LogP contribution in [0.25, 0.3) is 11.4 Å². The summed E-state index contributed by atoms with van der Waals surface area (Å²) in [6, 6.07) is 9.00. The molecule has 1 aromatic heterocycles. The number of aryl methyl sites for hydroxylation is 2. The van der Waals surface area contributed by atoms with Gasteiger partial charge in [-0.05, 0) is 61.5 Å². The standard InChI is InChI=1S/C30H46N2/c1-4-7-9-10-11-12-14-25-15-18-27(19-16-25)30-31-23-28-22-26(17-20-29(28)32-30)21-24(6-3)13-8-5-2/h15-16,18-19,23-24,26H,4-14,17,20-22H2,1-3H3. The second-order valence-corrected chi connectivity index (χ2v) is 10.1. The summed E-state index contributed by atoms with van der Waals surface area (Å²) < 4.78 is 0.